The van der Waals surface area contributed by atoms with Gasteiger partial charge >= 0.3 is 0 Å². The molecule has 2 aliphatic heterocycles. The Balaban J connectivity index is 1.15. The highest BCUT2D eigenvalue weighted by Crippen LogP contribution is 2.70. The van der Waals surface area contributed by atoms with Gasteiger partial charge in [0.1, 0.15) is 36.6 Å². The van der Waals surface area contributed by atoms with Gasteiger partial charge in [0.2, 0.25) is 0 Å². The Morgan fingerprint density at radius 1 is 0.788 bits per heavy atom. The molecule has 4 saturated carbocycles. The summed E-state index contributed by atoms with van der Waals surface area (Å²) >= 11 is 0. The first kappa shape index (κ1) is 41.1. The van der Waals surface area contributed by atoms with E-state index in [0.29, 0.717) is 32.1 Å². The summed E-state index contributed by atoms with van der Waals surface area (Å²) in [4.78, 5) is 0. The normalized spacial score (nSPS) is 53.3. The molecular formula is C38H66O14. The van der Waals surface area contributed by atoms with E-state index in [0.717, 1.165) is 12.8 Å². The third-order valence-corrected chi connectivity index (χ3v) is 14.9. The van der Waals surface area contributed by atoms with Crippen molar-refractivity contribution >= 4 is 0 Å². The second-order valence-corrected chi connectivity index (χ2v) is 18.1. The van der Waals surface area contributed by atoms with E-state index in [1.54, 1.807) is 0 Å². The first-order valence-corrected chi connectivity index (χ1v) is 19.6. The molecule has 6 aliphatic rings. The molecule has 0 spiro atoms. The topological polar surface area (TPSA) is 228 Å². The SMILES string of the molecule is CO[C@@H]1[C@H](CO)OC(OC(CC[C@@H](C)[C@H]2CC(O)C3[C@]4(O)CC(O)C5[C@@H](O)[C@@H](O)CC[C@]5(C)C4CC[C@@]32C)C(C)C)[C@@H]1O[C@@H]1OC[C@@H](O)[C@H](O)[C@H]1O. The van der Waals surface area contributed by atoms with Crippen LogP contribution in [0.3, 0.4) is 0 Å². The first-order chi connectivity index (χ1) is 24.4. The van der Waals surface area contributed by atoms with Crippen molar-refractivity contribution in [1.82, 2.24) is 0 Å². The number of hydrogen-bond acceptors (Lipinski definition) is 14. The zero-order chi connectivity index (χ0) is 38.1. The second-order valence-electron chi connectivity index (χ2n) is 18.1. The maximum absolute atomic E-state index is 12.7. The maximum Gasteiger partial charge on any atom is 0.187 e. The van der Waals surface area contributed by atoms with Crippen molar-refractivity contribution in [1.29, 1.82) is 0 Å². The van der Waals surface area contributed by atoms with Crippen LogP contribution in [0.2, 0.25) is 0 Å². The predicted octanol–water partition coefficient (Wildman–Crippen LogP) is 0.0474. The van der Waals surface area contributed by atoms with Gasteiger partial charge in [0.05, 0.1) is 49.3 Å². The lowest BCUT2D eigenvalue weighted by Crippen LogP contribution is -2.70. The number of aliphatic hydroxyl groups is 9. The lowest BCUT2D eigenvalue weighted by Gasteiger charge is -2.66. The van der Waals surface area contributed by atoms with Gasteiger partial charge in [-0.05, 0) is 79.4 Å². The van der Waals surface area contributed by atoms with Crippen LogP contribution in [-0.2, 0) is 23.7 Å². The lowest BCUT2D eigenvalue weighted by atomic mass is 9.41. The highest BCUT2D eigenvalue weighted by Gasteiger charge is 2.71. The minimum Gasteiger partial charge on any atom is -0.394 e. The first-order valence-electron chi connectivity index (χ1n) is 19.6. The van der Waals surface area contributed by atoms with Gasteiger partial charge < -0.3 is 69.6 Å². The van der Waals surface area contributed by atoms with Crippen molar-refractivity contribution in [2.24, 2.45) is 46.3 Å². The molecule has 21 atom stereocenters. The van der Waals surface area contributed by atoms with Crippen molar-refractivity contribution in [2.45, 2.75) is 171 Å². The molecule has 0 aromatic rings. The summed E-state index contributed by atoms with van der Waals surface area (Å²) in [5, 5.41) is 98.1. The third-order valence-electron chi connectivity index (χ3n) is 14.9. The Labute approximate surface area is 307 Å². The molecule has 6 rings (SSSR count). The summed E-state index contributed by atoms with van der Waals surface area (Å²) in [6, 6.07) is 0. The molecule has 0 aromatic heterocycles. The number of ether oxygens (including phenoxy) is 5. The summed E-state index contributed by atoms with van der Waals surface area (Å²) in [5.41, 5.74) is -2.27. The molecule has 4 aliphatic carbocycles. The van der Waals surface area contributed by atoms with Crippen LogP contribution in [-0.4, -0.2) is 152 Å². The van der Waals surface area contributed by atoms with E-state index in [9.17, 15) is 46.0 Å². The molecular weight excluding hydrogens is 680 g/mol. The van der Waals surface area contributed by atoms with Crippen molar-refractivity contribution in [3.05, 3.63) is 0 Å². The van der Waals surface area contributed by atoms with Crippen LogP contribution in [0.1, 0.15) is 86.0 Å². The van der Waals surface area contributed by atoms with Crippen molar-refractivity contribution in [3.8, 4) is 0 Å². The zero-order valence-corrected chi connectivity index (χ0v) is 31.6. The van der Waals surface area contributed by atoms with Crippen LogP contribution < -0.4 is 0 Å². The summed E-state index contributed by atoms with van der Waals surface area (Å²) in [6.07, 6.45) is -8.53. The van der Waals surface area contributed by atoms with Crippen LogP contribution in [0.4, 0.5) is 0 Å². The molecule has 2 saturated heterocycles. The highest BCUT2D eigenvalue weighted by atomic mass is 16.8. The van der Waals surface area contributed by atoms with Gasteiger partial charge in [-0.25, -0.2) is 0 Å². The fourth-order valence-electron chi connectivity index (χ4n) is 12.3. The summed E-state index contributed by atoms with van der Waals surface area (Å²) in [7, 11) is 1.46. The van der Waals surface area contributed by atoms with E-state index in [4.69, 9.17) is 23.7 Å². The third kappa shape index (κ3) is 6.82. The largest absolute Gasteiger partial charge is 0.394 e. The molecule has 7 unspecified atom stereocenters. The minimum atomic E-state index is -1.53. The molecule has 52 heavy (non-hydrogen) atoms. The van der Waals surface area contributed by atoms with Crippen molar-refractivity contribution < 1.29 is 69.6 Å². The predicted molar refractivity (Wildman–Crippen MR) is 184 cm³/mol. The van der Waals surface area contributed by atoms with Crippen molar-refractivity contribution in [3.63, 3.8) is 0 Å². The van der Waals surface area contributed by atoms with E-state index in [2.05, 4.69) is 13.8 Å². The number of methoxy groups -OCH3 is 1. The summed E-state index contributed by atoms with van der Waals surface area (Å²) < 4.78 is 29.9. The van der Waals surface area contributed by atoms with Crippen LogP contribution >= 0.6 is 0 Å². The number of aliphatic hydroxyl groups excluding tert-OH is 8. The van der Waals surface area contributed by atoms with Gasteiger partial charge in [0, 0.05) is 25.4 Å². The maximum atomic E-state index is 12.7. The monoisotopic (exact) mass is 746 g/mol. The lowest BCUT2D eigenvalue weighted by molar-refractivity contribution is -0.308. The van der Waals surface area contributed by atoms with Crippen LogP contribution in [0, 0.1) is 46.3 Å². The van der Waals surface area contributed by atoms with E-state index in [1.165, 1.54) is 7.11 Å². The van der Waals surface area contributed by atoms with Crippen molar-refractivity contribution in [2.75, 3.05) is 20.3 Å². The number of fused-ring (bicyclic) bond motifs is 5. The standard InChI is InChI=1S/C38H66O14/c1-17(2)24(50-35-32(31(48-6)25(15-39)51-35)52-34-30(46)29(45)23(43)16-49-34)8-7-18(3)19-13-21(41)33-36(19,4)12-10-26-37(5)11-9-20(40)28(44)27(37)22(42)14-38(26,33)47/h17-35,39-47H,7-16H2,1-6H3/t18-,19-,20+,21?,22?,23-,24?,25+,26?,27?,28+,29+,30-,31-,32-,33?,34+,35?,36-,37-,38+/m1/s1. The highest BCUT2D eigenvalue weighted by molar-refractivity contribution is 5.21. The zero-order valence-electron chi connectivity index (χ0n) is 31.6. The molecule has 0 aromatic carbocycles. The van der Waals surface area contributed by atoms with Crippen LogP contribution in [0.5, 0.6) is 0 Å². The van der Waals surface area contributed by atoms with E-state index < -0.39 is 96.5 Å². The molecule has 14 heteroatoms. The summed E-state index contributed by atoms with van der Waals surface area (Å²) in [5.74, 6) is -0.908. The number of rotatable bonds is 11. The Kier molecular flexibility index (Phi) is 12.2. The molecule has 0 bridgehead atoms. The fraction of sp³-hybridized carbons (Fsp3) is 1.00. The Hall–Kier alpha value is -0.560. The molecule has 14 nitrogen and oxygen atoms in total. The second kappa shape index (κ2) is 15.4. The fourth-order valence-corrected chi connectivity index (χ4v) is 12.3. The molecule has 9 N–H and O–H groups in total. The summed E-state index contributed by atoms with van der Waals surface area (Å²) in [6.45, 7) is 9.89. The van der Waals surface area contributed by atoms with Gasteiger partial charge in [-0.2, -0.15) is 0 Å². The van der Waals surface area contributed by atoms with E-state index in [-0.39, 0.29) is 54.8 Å². The Bertz CT molecular complexity index is 1210. The number of hydrogen-bond donors (Lipinski definition) is 9. The minimum absolute atomic E-state index is 0.0505. The van der Waals surface area contributed by atoms with E-state index in [1.807, 2.05) is 20.8 Å². The molecule has 2 heterocycles. The molecule has 0 amide bonds. The van der Waals surface area contributed by atoms with Gasteiger partial charge in [-0.3, -0.25) is 0 Å². The van der Waals surface area contributed by atoms with Gasteiger partial charge in [0.25, 0.3) is 0 Å². The van der Waals surface area contributed by atoms with Crippen LogP contribution in [0.15, 0.2) is 0 Å². The van der Waals surface area contributed by atoms with Gasteiger partial charge in [0.15, 0.2) is 12.6 Å². The molecule has 6 fully saturated rings. The molecule has 302 valence electrons. The molecule has 0 radical (unpaired) electrons. The average molecular weight is 747 g/mol. The Morgan fingerprint density at radius 2 is 1.48 bits per heavy atom. The average Bonchev–Trinajstić information content (AvgIpc) is 3.57. The van der Waals surface area contributed by atoms with Gasteiger partial charge in [-0.1, -0.05) is 34.6 Å². The Morgan fingerprint density at radius 3 is 2.13 bits per heavy atom. The van der Waals surface area contributed by atoms with Gasteiger partial charge in [-0.15, -0.1) is 0 Å². The van der Waals surface area contributed by atoms with Crippen LogP contribution in [0.25, 0.3) is 0 Å². The smallest absolute Gasteiger partial charge is 0.187 e. The quantitative estimate of drug-likeness (QED) is 0.136. The van der Waals surface area contributed by atoms with E-state index >= 15 is 0 Å².